The predicted octanol–water partition coefficient (Wildman–Crippen LogP) is 4.16. The molecule has 0 bridgehead atoms. The largest absolute Gasteiger partial charge is 0.481 e. The molecule has 24 heavy (non-hydrogen) atoms. The van der Waals surface area contributed by atoms with Gasteiger partial charge in [-0.05, 0) is 68.9 Å². The average Bonchev–Trinajstić information content (AvgIpc) is 2.94. The molecule has 1 N–H and O–H groups in total. The second kappa shape index (κ2) is 7.43. The summed E-state index contributed by atoms with van der Waals surface area (Å²) < 4.78 is 15.1. The number of aromatic nitrogens is 2. The van der Waals surface area contributed by atoms with Crippen molar-refractivity contribution in [3.05, 3.63) is 53.1 Å². The van der Waals surface area contributed by atoms with Crippen LogP contribution in [-0.4, -0.2) is 20.9 Å². The van der Waals surface area contributed by atoms with Gasteiger partial charge in [0.25, 0.3) is 0 Å². The summed E-state index contributed by atoms with van der Waals surface area (Å²) in [5.74, 6) is -1.01. The smallest absolute Gasteiger partial charge is 0.303 e. The number of nitrogens with zero attached hydrogens (tertiary/aromatic N) is 2. The summed E-state index contributed by atoms with van der Waals surface area (Å²) in [4.78, 5) is 10.5. The number of carbonyl (C=O) groups is 1. The molecule has 0 amide bonds. The highest BCUT2D eigenvalue weighted by Gasteiger charge is 2.20. The lowest BCUT2D eigenvalue weighted by Crippen LogP contribution is -2.07. The lowest BCUT2D eigenvalue weighted by molar-refractivity contribution is -0.137. The number of carboxylic acid groups (broad SMARTS) is 1. The Hall–Kier alpha value is -2.43. The van der Waals surface area contributed by atoms with Gasteiger partial charge in [-0.25, -0.2) is 9.07 Å². The molecule has 5 heteroatoms. The van der Waals surface area contributed by atoms with E-state index in [1.54, 1.807) is 12.1 Å². The molecule has 0 radical (unpaired) electrons. The molecule has 2 aromatic rings. The molecule has 0 aliphatic heterocycles. The van der Waals surface area contributed by atoms with Gasteiger partial charge in [-0.15, -0.1) is 0 Å². The van der Waals surface area contributed by atoms with E-state index in [2.05, 4.69) is 0 Å². The third-order valence-electron chi connectivity index (χ3n) is 4.32. The van der Waals surface area contributed by atoms with Crippen LogP contribution in [0.3, 0.4) is 0 Å². The second-order valence-electron chi connectivity index (χ2n) is 6.09. The maximum Gasteiger partial charge on any atom is 0.303 e. The lowest BCUT2D eigenvalue weighted by atomic mass is 9.95. The van der Waals surface area contributed by atoms with E-state index in [9.17, 15) is 9.18 Å². The molecule has 1 aliphatic carbocycles. The van der Waals surface area contributed by atoms with Crippen LogP contribution in [0.5, 0.6) is 0 Å². The Kier molecular flexibility index (Phi) is 5.08. The number of hydrogen-bond donors (Lipinski definition) is 1. The minimum absolute atomic E-state index is 0.187. The number of hydrogen-bond acceptors (Lipinski definition) is 2. The van der Waals surface area contributed by atoms with E-state index in [0.29, 0.717) is 6.42 Å². The number of halogens is 1. The van der Waals surface area contributed by atoms with Gasteiger partial charge in [0.05, 0.1) is 11.4 Å². The number of carboxylic acids is 1. The maximum absolute atomic E-state index is 13.2. The number of allylic oxidation sites excluding steroid dienone is 1. The maximum atomic E-state index is 13.2. The van der Waals surface area contributed by atoms with E-state index < -0.39 is 5.97 Å². The molecule has 0 fully saturated rings. The second-order valence-corrected chi connectivity index (χ2v) is 6.09. The van der Waals surface area contributed by atoms with E-state index in [4.69, 9.17) is 10.2 Å². The van der Waals surface area contributed by atoms with Crippen LogP contribution < -0.4 is 0 Å². The van der Waals surface area contributed by atoms with E-state index in [0.717, 1.165) is 43.5 Å². The van der Waals surface area contributed by atoms with Crippen molar-refractivity contribution in [2.24, 2.45) is 0 Å². The third kappa shape index (κ3) is 3.72. The molecule has 4 nitrogen and oxygen atoms in total. The molecule has 0 spiro atoms. The van der Waals surface area contributed by atoms with Crippen molar-refractivity contribution in [1.29, 1.82) is 0 Å². The molecule has 1 heterocycles. The minimum atomic E-state index is -0.763. The van der Waals surface area contributed by atoms with Gasteiger partial charge < -0.3 is 5.11 Å². The first-order chi connectivity index (χ1) is 11.6. The zero-order chi connectivity index (χ0) is 16.9. The van der Waals surface area contributed by atoms with E-state index in [-0.39, 0.29) is 12.2 Å². The standard InChI is InChI=1S/C19H21FN2O2/c20-14-10-12-15(13-11-14)22-18-8-5-4-6-16(18)17(21-22)7-2-1-3-9-19(23)24/h2,7,10-13H,1,3-6,8-9H2,(H,23,24). The summed E-state index contributed by atoms with van der Waals surface area (Å²) in [5.41, 5.74) is 4.29. The Bertz CT molecular complexity index is 747. The minimum Gasteiger partial charge on any atom is -0.481 e. The molecular formula is C19H21FN2O2. The fraction of sp³-hybridized carbons (Fsp3) is 0.368. The molecule has 126 valence electrons. The molecule has 1 aliphatic rings. The zero-order valence-electron chi connectivity index (χ0n) is 13.5. The van der Waals surface area contributed by atoms with Crippen molar-refractivity contribution in [3.63, 3.8) is 0 Å². The first-order valence-corrected chi connectivity index (χ1v) is 8.40. The van der Waals surface area contributed by atoms with Crippen molar-refractivity contribution in [2.45, 2.75) is 44.9 Å². The highest BCUT2D eigenvalue weighted by Crippen LogP contribution is 2.27. The van der Waals surface area contributed by atoms with Gasteiger partial charge in [-0.2, -0.15) is 5.10 Å². The Labute approximate surface area is 140 Å². The third-order valence-corrected chi connectivity index (χ3v) is 4.32. The van der Waals surface area contributed by atoms with Gasteiger partial charge in [-0.3, -0.25) is 4.79 Å². The highest BCUT2D eigenvalue weighted by molar-refractivity contribution is 5.66. The Morgan fingerprint density at radius 3 is 2.75 bits per heavy atom. The summed E-state index contributed by atoms with van der Waals surface area (Å²) in [6.07, 6.45) is 9.81. The molecule has 0 saturated carbocycles. The van der Waals surface area contributed by atoms with Crippen molar-refractivity contribution in [1.82, 2.24) is 9.78 Å². The van der Waals surface area contributed by atoms with Crippen LogP contribution >= 0.6 is 0 Å². The summed E-state index contributed by atoms with van der Waals surface area (Å²) in [5, 5.41) is 13.4. The van der Waals surface area contributed by atoms with Gasteiger partial charge in [0.2, 0.25) is 0 Å². The quantitative estimate of drug-likeness (QED) is 0.810. The van der Waals surface area contributed by atoms with Gasteiger partial charge in [0, 0.05) is 17.7 Å². The van der Waals surface area contributed by atoms with Crippen LogP contribution in [0.25, 0.3) is 11.8 Å². The first kappa shape index (κ1) is 16.4. The highest BCUT2D eigenvalue weighted by atomic mass is 19.1. The Morgan fingerprint density at radius 1 is 1.25 bits per heavy atom. The van der Waals surface area contributed by atoms with Crippen LogP contribution in [0.15, 0.2) is 30.3 Å². The monoisotopic (exact) mass is 328 g/mol. The number of rotatable bonds is 6. The summed E-state index contributed by atoms with van der Waals surface area (Å²) in [6.45, 7) is 0. The molecule has 1 aromatic carbocycles. The van der Waals surface area contributed by atoms with Crippen LogP contribution in [0.2, 0.25) is 0 Å². The number of fused-ring (bicyclic) bond motifs is 1. The first-order valence-electron chi connectivity index (χ1n) is 8.40. The van der Waals surface area contributed by atoms with Crippen LogP contribution in [-0.2, 0) is 17.6 Å². The summed E-state index contributed by atoms with van der Waals surface area (Å²) in [7, 11) is 0. The topological polar surface area (TPSA) is 55.1 Å². The average molecular weight is 328 g/mol. The van der Waals surface area contributed by atoms with Gasteiger partial charge in [-0.1, -0.05) is 6.08 Å². The molecule has 0 atom stereocenters. The fourth-order valence-corrected chi connectivity index (χ4v) is 3.12. The van der Waals surface area contributed by atoms with Crippen molar-refractivity contribution in [2.75, 3.05) is 0 Å². The molecule has 0 unspecified atom stereocenters. The molecule has 3 rings (SSSR count). The van der Waals surface area contributed by atoms with E-state index in [1.165, 1.54) is 23.4 Å². The lowest BCUT2D eigenvalue weighted by Gasteiger charge is -2.14. The number of benzene rings is 1. The summed E-state index contributed by atoms with van der Waals surface area (Å²) in [6, 6.07) is 6.40. The predicted molar refractivity (Wildman–Crippen MR) is 90.7 cm³/mol. The zero-order valence-corrected chi connectivity index (χ0v) is 13.5. The SMILES string of the molecule is O=C(O)CCCC=Cc1nn(-c2ccc(F)cc2)c2c1CCCC2. The number of unbranched alkanes of at least 4 members (excludes halogenated alkanes) is 1. The van der Waals surface area contributed by atoms with Crippen LogP contribution in [0, 0.1) is 5.82 Å². The number of aliphatic carboxylic acids is 1. The van der Waals surface area contributed by atoms with Crippen molar-refractivity contribution < 1.29 is 14.3 Å². The molecule has 0 saturated heterocycles. The van der Waals surface area contributed by atoms with Crippen LogP contribution in [0.1, 0.15) is 49.1 Å². The Morgan fingerprint density at radius 2 is 2.00 bits per heavy atom. The van der Waals surface area contributed by atoms with Gasteiger partial charge in [0.1, 0.15) is 5.82 Å². The van der Waals surface area contributed by atoms with Gasteiger partial charge >= 0.3 is 5.97 Å². The van der Waals surface area contributed by atoms with E-state index in [1.807, 2.05) is 16.8 Å². The molecular weight excluding hydrogens is 307 g/mol. The van der Waals surface area contributed by atoms with Crippen molar-refractivity contribution >= 4 is 12.0 Å². The fourth-order valence-electron chi connectivity index (χ4n) is 3.12. The summed E-state index contributed by atoms with van der Waals surface area (Å²) >= 11 is 0. The molecule has 1 aromatic heterocycles. The Balaban J connectivity index is 1.83. The van der Waals surface area contributed by atoms with Crippen molar-refractivity contribution in [3.8, 4) is 5.69 Å². The van der Waals surface area contributed by atoms with E-state index >= 15 is 0 Å². The van der Waals surface area contributed by atoms with Crippen LogP contribution in [0.4, 0.5) is 4.39 Å². The van der Waals surface area contributed by atoms with Gasteiger partial charge in [0.15, 0.2) is 0 Å². The normalized spacial score (nSPS) is 14.0.